The minimum atomic E-state index is -0.595. The molecule has 1 N–H and O–H groups in total. The molecule has 0 unspecified atom stereocenters. The number of rotatable bonds is 7. The summed E-state index contributed by atoms with van der Waals surface area (Å²) in [7, 11) is 0. The van der Waals surface area contributed by atoms with Gasteiger partial charge in [-0.1, -0.05) is 26.7 Å². The van der Waals surface area contributed by atoms with Gasteiger partial charge in [0.15, 0.2) is 5.82 Å². The molecule has 0 aliphatic rings. The normalized spacial score (nSPS) is 10.7. The van der Waals surface area contributed by atoms with E-state index in [1.165, 1.54) is 12.1 Å². The molecular formula is C13H19FN2O2. The first kappa shape index (κ1) is 14.4. The Bertz CT molecular complexity index is 404. The van der Waals surface area contributed by atoms with E-state index in [1.807, 2.05) is 0 Å². The predicted octanol–water partition coefficient (Wildman–Crippen LogP) is 4.11. The third-order valence-electron chi connectivity index (χ3n) is 2.80. The Morgan fingerprint density at radius 2 is 1.94 bits per heavy atom. The van der Waals surface area contributed by atoms with Crippen LogP contribution in [-0.4, -0.2) is 11.0 Å². The van der Waals surface area contributed by atoms with E-state index in [4.69, 9.17) is 0 Å². The topological polar surface area (TPSA) is 55.2 Å². The molecular weight excluding hydrogens is 235 g/mol. The zero-order valence-electron chi connectivity index (χ0n) is 10.8. The molecule has 1 rings (SSSR count). The molecule has 0 aliphatic carbocycles. The Balaban J connectivity index is 2.79. The van der Waals surface area contributed by atoms with Gasteiger partial charge in [0.1, 0.15) is 0 Å². The Morgan fingerprint density at radius 3 is 2.39 bits per heavy atom. The molecule has 1 aromatic carbocycles. The highest BCUT2D eigenvalue weighted by Crippen LogP contribution is 2.22. The molecule has 0 fully saturated rings. The van der Waals surface area contributed by atoms with E-state index >= 15 is 0 Å². The number of hydrogen-bond donors (Lipinski definition) is 1. The van der Waals surface area contributed by atoms with Crippen molar-refractivity contribution in [1.29, 1.82) is 0 Å². The molecule has 0 aromatic heterocycles. The molecule has 0 saturated heterocycles. The number of nitro groups is 1. The molecule has 1 aromatic rings. The fourth-order valence-corrected chi connectivity index (χ4v) is 1.94. The zero-order valence-corrected chi connectivity index (χ0v) is 10.8. The summed E-state index contributed by atoms with van der Waals surface area (Å²) in [4.78, 5) is 9.92. The number of benzene rings is 1. The number of nitrogens with zero attached hydrogens (tertiary/aromatic N) is 1. The summed E-state index contributed by atoms with van der Waals surface area (Å²) in [6, 6.07) is 3.93. The van der Waals surface area contributed by atoms with E-state index in [1.54, 1.807) is 0 Å². The van der Waals surface area contributed by atoms with Gasteiger partial charge in [0, 0.05) is 12.1 Å². The SMILES string of the molecule is CCCC(CCC)Nc1ccc([N+](=O)[O-])cc1F. The van der Waals surface area contributed by atoms with Crippen LogP contribution in [0.1, 0.15) is 39.5 Å². The number of nitro benzene ring substituents is 1. The molecule has 0 aliphatic heterocycles. The van der Waals surface area contributed by atoms with Crippen LogP contribution in [0.3, 0.4) is 0 Å². The summed E-state index contributed by atoms with van der Waals surface area (Å²) >= 11 is 0. The maximum atomic E-state index is 13.7. The second-order valence-electron chi connectivity index (χ2n) is 4.34. The number of hydrogen-bond acceptors (Lipinski definition) is 3. The minimum absolute atomic E-state index is 0.218. The van der Waals surface area contributed by atoms with Crippen LogP contribution in [-0.2, 0) is 0 Å². The van der Waals surface area contributed by atoms with Gasteiger partial charge in [-0.25, -0.2) is 4.39 Å². The first-order chi connectivity index (χ1) is 8.58. The van der Waals surface area contributed by atoms with E-state index in [0.29, 0.717) is 5.69 Å². The fourth-order valence-electron chi connectivity index (χ4n) is 1.94. The van der Waals surface area contributed by atoms with Gasteiger partial charge < -0.3 is 5.32 Å². The average molecular weight is 254 g/mol. The lowest BCUT2D eigenvalue weighted by Gasteiger charge is -2.18. The maximum absolute atomic E-state index is 13.7. The van der Waals surface area contributed by atoms with Crippen LogP contribution in [0.2, 0.25) is 0 Å². The average Bonchev–Trinajstić information content (AvgIpc) is 2.32. The van der Waals surface area contributed by atoms with Crippen molar-refractivity contribution >= 4 is 11.4 Å². The van der Waals surface area contributed by atoms with Crippen molar-refractivity contribution in [2.45, 2.75) is 45.6 Å². The van der Waals surface area contributed by atoms with Gasteiger partial charge in [-0.3, -0.25) is 10.1 Å². The van der Waals surface area contributed by atoms with Gasteiger partial charge in [0.2, 0.25) is 0 Å². The highest BCUT2D eigenvalue weighted by molar-refractivity contribution is 5.50. The highest BCUT2D eigenvalue weighted by atomic mass is 19.1. The van der Waals surface area contributed by atoms with Gasteiger partial charge in [-0.05, 0) is 18.9 Å². The summed E-state index contributed by atoms with van der Waals surface area (Å²) < 4.78 is 13.7. The van der Waals surface area contributed by atoms with Crippen LogP contribution in [0, 0.1) is 15.9 Å². The molecule has 4 nitrogen and oxygen atoms in total. The lowest BCUT2D eigenvalue weighted by molar-refractivity contribution is -0.385. The monoisotopic (exact) mass is 254 g/mol. The van der Waals surface area contributed by atoms with Crippen molar-refractivity contribution in [3.8, 4) is 0 Å². The third kappa shape index (κ3) is 3.98. The Labute approximate surface area is 106 Å². The van der Waals surface area contributed by atoms with Gasteiger partial charge >= 0.3 is 0 Å². The molecule has 0 radical (unpaired) electrons. The molecule has 18 heavy (non-hydrogen) atoms. The summed E-state index contributed by atoms with van der Waals surface area (Å²) in [5, 5.41) is 13.6. The van der Waals surface area contributed by atoms with Crippen LogP contribution in [0.15, 0.2) is 18.2 Å². The van der Waals surface area contributed by atoms with E-state index < -0.39 is 10.7 Å². The van der Waals surface area contributed by atoms with Gasteiger partial charge in [0.25, 0.3) is 5.69 Å². The molecule has 0 spiro atoms. The van der Waals surface area contributed by atoms with Gasteiger partial charge in [-0.15, -0.1) is 0 Å². The number of halogens is 1. The Hall–Kier alpha value is -1.65. The standard InChI is InChI=1S/C13H19FN2O2/c1-3-5-10(6-4-2)15-13-8-7-11(16(17)18)9-12(13)14/h7-10,15H,3-6H2,1-2H3. The van der Waals surface area contributed by atoms with Crippen LogP contribution in [0.5, 0.6) is 0 Å². The summed E-state index contributed by atoms with van der Waals surface area (Å²) in [5.41, 5.74) is 0.119. The maximum Gasteiger partial charge on any atom is 0.272 e. The van der Waals surface area contributed by atoms with E-state index in [-0.39, 0.29) is 11.7 Å². The molecule has 5 heteroatoms. The lowest BCUT2D eigenvalue weighted by atomic mass is 10.1. The molecule has 0 heterocycles. The minimum Gasteiger partial charge on any atom is -0.380 e. The van der Waals surface area contributed by atoms with Gasteiger partial charge in [-0.2, -0.15) is 0 Å². The molecule has 0 amide bonds. The number of non-ortho nitro benzene ring substituents is 1. The van der Waals surface area contributed by atoms with E-state index in [9.17, 15) is 14.5 Å². The van der Waals surface area contributed by atoms with Crippen molar-refractivity contribution < 1.29 is 9.31 Å². The summed E-state index contributed by atoms with van der Waals surface area (Å²) in [6.07, 6.45) is 3.97. The fraction of sp³-hybridized carbons (Fsp3) is 0.538. The van der Waals surface area contributed by atoms with Crippen LogP contribution in [0.25, 0.3) is 0 Å². The van der Waals surface area contributed by atoms with Crippen molar-refractivity contribution in [3.63, 3.8) is 0 Å². The molecule has 0 saturated carbocycles. The largest absolute Gasteiger partial charge is 0.380 e. The smallest absolute Gasteiger partial charge is 0.272 e. The van der Waals surface area contributed by atoms with Crippen molar-refractivity contribution in [3.05, 3.63) is 34.1 Å². The van der Waals surface area contributed by atoms with Crippen LogP contribution < -0.4 is 5.32 Å². The Morgan fingerprint density at radius 1 is 1.33 bits per heavy atom. The molecule has 0 atom stereocenters. The number of nitrogens with one attached hydrogen (secondary N) is 1. The zero-order chi connectivity index (χ0) is 13.5. The van der Waals surface area contributed by atoms with Crippen LogP contribution in [0.4, 0.5) is 15.8 Å². The highest BCUT2D eigenvalue weighted by Gasteiger charge is 2.13. The predicted molar refractivity (Wildman–Crippen MR) is 70.3 cm³/mol. The van der Waals surface area contributed by atoms with Crippen LogP contribution >= 0.6 is 0 Å². The van der Waals surface area contributed by atoms with E-state index in [2.05, 4.69) is 19.2 Å². The first-order valence-corrected chi connectivity index (χ1v) is 6.29. The third-order valence-corrected chi connectivity index (χ3v) is 2.80. The van der Waals surface area contributed by atoms with Crippen molar-refractivity contribution in [2.24, 2.45) is 0 Å². The Kier molecular flexibility index (Phi) is 5.55. The molecule has 0 bridgehead atoms. The summed E-state index contributed by atoms with van der Waals surface area (Å²) in [6.45, 7) is 4.16. The van der Waals surface area contributed by atoms with Gasteiger partial charge in [0.05, 0.1) is 16.7 Å². The van der Waals surface area contributed by atoms with Crippen molar-refractivity contribution in [2.75, 3.05) is 5.32 Å². The van der Waals surface area contributed by atoms with Crippen molar-refractivity contribution in [1.82, 2.24) is 0 Å². The second-order valence-corrected chi connectivity index (χ2v) is 4.34. The molecule has 100 valence electrons. The van der Waals surface area contributed by atoms with E-state index in [0.717, 1.165) is 31.7 Å². The number of anilines is 1. The quantitative estimate of drug-likeness (QED) is 0.588. The first-order valence-electron chi connectivity index (χ1n) is 6.29. The summed E-state index contributed by atoms with van der Waals surface area (Å²) in [5.74, 6) is -0.568. The lowest BCUT2D eigenvalue weighted by Crippen LogP contribution is -2.19. The second kappa shape index (κ2) is 6.93.